The Morgan fingerprint density at radius 1 is 1.14 bits per heavy atom. The molecule has 0 radical (unpaired) electrons. The lowest BCUT2D eigenvalue weighted by Gasteiger charge is -2.24. The van der Waals surface area contributed by atoms with Gasteiger partial charge in [0.05, 0.1) is 6.42 Å². The molecule has 0 bridgehead atoms. The van der Waals surface area contributed by atoms with Crippen molar-refractivity contribution in [3.05, 3.63) is 59.4 Å². The van der Waals surface area contributed by atoms with Crippen molar-refractivity contribution in [1.29, 1.82) is 0 Å². The van der Waals surface area contributed by atoms with E-state index in [4.69, 9.17) is 9.47 Å². The van der Waals surface area contributed by atoms with Crippen molar-refractivity contribution in [2.75, 3.05) is 18.6 Å². The molecule has 2 aromatic rings. The van der Waals surface area contributed by atoms with Crippen LogP contribution in [0.3, 0.4) is 0 Å². The van der Waals surface area contributed by atoms with Gasteiger partial charge in [0.25, 0.3) is 0 Å². The van der Waals surface area contributed by atoms with Gasteiger partial charge in [-0.1, -0.05) is 0 Å². The lowest BCUT2D eigenvalue weighted by Crippen LogP contribution is -2.40. The number of rotatable bonds is 6. The first kappa shape index (κ1) is 19.5. The molecule has 0 aromatic heterocycles. The smallest absolute Gasteiger partial charge is 0.350 e. The lowest BCUT2D eigenvalue weighted by atomic mass is 10.1. The van der Waals surface area contributed by atoms with Crippen LogP contribution in [0.2, 0.25) is 0 Å². The van der Waals surface area contributed by atoms with Crippen LogP contribution in [0, 0.1) is 5.82 Å². The molecule has 1 aliphatic heterocycles. The summed E-state index contributed by atoms with van der Waals surface area (Å²) >= 11 is 0. The molecule has 1 amide bonds. The Labute approximate surface area is 161 Å². The molecule has 7 heteroatoms. The van der Waals surface area contributed by atoms with Crippen LogP contribution in [-0.4, -0.2) is 36.9 Å². The third-order valence-corrected chi connectivity index (χ3v) is 4.49. The molecular weight excluding hydrogens is 365 g/mol. The summed E-state index contributed by atoms with van der Waals surface area (Å²) in [6.45, 7) is 2.55. The first-order valence-electron chi connectivity index (χ1n) is 8.72. The number of amides is 1. The minimum atomic E-state index is -1.36. The minimum absolute atomic E-state index is 0.0364. The Bertz CT molecular complexity index is 936. The average Bonchev–Trinajstić information content (AvgIpc) is 2.94. The Balaban J connectivity index is 1.61. The second-order valence-corrected chi connectivity index (χ2v) is 7.04. The number of Topliss-reactive ketones (excluding diaryl/α,β-unsaturated/α-hetero) is 1. The third kappa shape index (κ3) is 4.03. The van der Waals surface area contributed by atoms with Gasteiger partial charge < -0.3 is 14.4 Å². The number of likely N-dealkylation sites (N-methyl/N-ethyl adjacent to an activating group) is 1. The molecule has 1 heterocycles. The summed E-state index contributed by atoms with van der Waals surface area (Å²) in [5.74, 6) is -1.25. The predicted molar refractivity (Wildman–Crippen MR) is 100.0 cm³/mol. The molecule has 0 fully saturated rings. The van der Waals surface area contributed by atoms with Crippen molar-refractivity contribution in [2.24, 2.45) is 0 Å². The number of hydrogen-bond donors (Lipinski definition) is 0. The number of carbonyl (C=O) groups excluding carboxylic acids is 3. The standard InChI is InChI=1S/C21H20FNO5/c1-21(2,28-16-7-5-15(22)6-8-16)20(26)27-12-18(24)13-4-9-17-14(10-13)11-19(25)23(17)3/h4-10H,11-12H2,1-3H3. The zero-order valence-corrected chi connectivity index (χ0v) is 15.8. The second kappa shape index (κ2) is 7.42. The molecule has 0 saturated carbocycles. The summed E-state index contributed by atoms with van der Waals surface area (Å²) in [6, 6.07) is 10.2. The highest BCUT2D eigenvalue weighted by atomic mass is 19.1. The molecule has 0 spiro atoms. The van der Waals surface area contributed by atoms with Crippen LogP contribution in [0.1, 0.15) is 29.8 Å². The summed E-state index contributed by atoms with van der Waals surface area (Å²) in [5.41, 5.74) is 0.550. The number of ketones is 1. The van der Waals surface area contributed by atoms with Crippen LogP contribution in [0.25, 0.3) is 0 Å². The fraction of sp³-hybridized carbons (Fsp3) is 0.286. The van der Waals surface area contributed by atoms with E-state index < -0.39 is 24.0 Å². The van der Waals surface area contributed by atoms with Gasteiger partial charge in [-0.2, -0.15) is 0 Å². The van der Waals surface area contributed by atoms with E-state index in [2.05, 4.69) is 0 Å². The van der Waals surface area contributed by atoms with Gasteiger partial charge in [0, 0.05) is 18.3 Å². The number of ether oxygens (including phenoxy) is 2. The van der Waals surface area contributed by atoms with Gasteiger partial charge in [-0.3, -0.25) is 9.59 Å². The van der Waals surface area contributed by atoms with Crippen molar-refractivity contribution < 1.29 is 28.2 Å². The molecule has 2 aromatic carbocycles. The van der Waals surface area contributed by atoms with Crippen molar-refractivity contribution in [3.63, 3.8) is 0 Å². The first-order valence-corrected chi connectivity index (χ1v) is 8.72. The van der Waals surface area contributed by atoms with Crippen LogP contribution in [0.4, 0.5) is 10.1 Å². The number of anilines is 1. The Hall–Kier alpha value is -3.22. The van der Waals surface area contributed by atoms with Crippen molar-refractivity contribution >= 4 is 23.3 Å². The SMILES string of the molecule is CN1C(=O)Cc2cc(C(=O)COC(=O)C(C)(C)Oc3ccc(F)cc3)ccc21. The number of esters is 1. The van der Waals surface area contributed by atoms with Crippen LogP contribution < -0.4 is 9.64 Å². The largest absolute Gasteiger partial charge is 0.476 e. The zero-order valence-electron chi connectivity index (χ0n) is 15.8. The Morgan fingerprint density at radius 2 is 1.82 bits per heavy atom. The molecule has 0 aliphatic carbocycles. The highest BCUT2D eigenvalue weighted by Gasteiger charge is 2.32. The third-order valence-electron chi connectivity index (χ3n) is 4.49. The van der Waals surface area contributed by atoms with Gasteiger partial charge in [0.1, 0.15) is 11.6 Å². The monoisotopic (exact) mass is 385 g/mol. The number of benzene rings is 2. The predicted octanol–water partition coefficient (Wildman–Crippen LogP) is 2.93. The zero-order chi connectivity index (χ0) is 20.5. The van der Waals surface area contributed by atoms with Crippen LogP contribution >= 0.6 is 0 Å². The van der Waals surface area contributed by atoms with Gasteiger partial charge >= 0.3 is 5.97 Å². The summed E-state index contributed by atoms with van der Waals surface area (Å²) < 4.78 is 23.6. The van der Waals surface area contributed by atoms with Crippen LogP contribution in [0.15, 0.2) is 42.5 Å². The van der Waals surface area contributed by atoms with E-state index in [9.17, 15) is 18.8 Å². The van der Waals surface area contributed by atoms with Crippen LogP contribution in [-0.2, 0) is 20.7 Å². The van der Waals surface area contributed by atoms with E-state index in [0.29, 0.717) is 11.3 Å². The number of nitrogens with zero attached hydrogens (tertiary/aromatic N) is 1. The molecule has 0 saturated heterocycles. The fourth-order valence-corrected chi connectivity index (χ4v) is 2.87. The van der Waals surface area contributed by atoms with Gasteiger partial charge in [-0.25, -0.2) is 9.18 Å². The summed E-state index contributed by atoms with van der Waals surface area (Å²) in [6.07, 6.45) is 0.241. The molecule has 0 unspecified atom stereocenters. The summed E-state index contributed by atoms with van der Waals surface area (Å²) in [7, 11) is 1.68. The normalized spacial score (nSPS) is 13.3. The van der Waals surface area contributed by atoms with Gasteiger partial charge in [0.15, 0.2) is 18.0 Å². The molecule has 6 nitrogen and oxygen atoms in total. The maximum absolute atomic E-state index is 13.0. The topological polar surface area (TPSA) is 72.9 Å². The Morgan fingerprint density at radius 3 is 2.50 bits per heavy atom. The highest BCUT2D eigenvalue weighted by molar-refractivity contribution is 6.04. The van der Waals surface area contributed by atoms with E-state index in [-0.39, 0.29) is 18.1 Å². The number of halogens is 1. The number of hydrogen-bond acceptors (Lipinski definition) is 5. The van der Waals surface area contributed by atoms with E-state index in [1.165, 1.54) is 38.1 Å². The molecule has 28 heavy (non-hydrogen) atoms. The average molecular weight is 385 g/mol. The second-order valence-electron chi connectivity index (χ2n) is 7.04. The minimum Gasteiger partial charge on any atom is -0.476 e. The molecular formula is C21H20FNO5. The van der Waals surface area contributed by atoms with E-state index in [0.717, 1.165) is 11.3 Å². The maximum atomic E-state index is 13.0. The van der Waals surface area contributed by atoms with Crippen molar-refractivity contribution in [1.82, 2.24) is 0 Å². The van der Waals surface area contributed by atoms with Gasteiger partial charge in [0.2, 0.25) is 5.91 Å². The molecule has 0 atom stereocenters. The summed E-state index contributed by atoms with van der Waals surface area (Å²) in [5, 5.41) is 0. The Kier molecular flexibility index (Phi) is 5.18. The molecule has 0 N–H and O–H groups in total. The number of carbonyl (C=O) groups is 3. The number of fused-ring (bicyclic) bond motifs is 1. The van der Waals surface area contributed by atoms with Crippen molar-refractivity contribution in [3.8, 4) is 5.75 Å². The summed E-state index contributed by atoms with van der Waals surface area (Å²) in [4.78, 5) is 38.0. The fourth-order valence-electron chi connectivity index (χ4n) is 2.87. The van der Waals surface area contributed by atoms with Gasteiger partial charge in [-0.05, 0) is 61.9 Å². The molecule has 3 rings (SSSR count). The molecule has 1 aliphatic rings. The first-order chi connectivity index (χ1) is 13.2. The van der Waals surface area contributed by atoms with E-state index in [1.807, 2.05) is 0 Å². The lowest BCUT2D eigenvalue weighted by molar-refractivity contribution is -0.158. The van der Waals surface area contributed by atoms with Crippen LogP contribution in [0.5, 0.6) is 5.75 Å². The maximum Gasteiger partial charge on any atom is 0.350 e. The van der Waals surface area contributed by atoms with E-state index >= 15 is 0 Å². The molecule has 146 valence electrons. The van der Waals surface area contributed by atoms with Gasteiger partial charge in [-0.15, -0.1) is 0 Å². The highest BCUT2D eigenvalue weighted by Crippen LogP contribution is 2.28. The van der Waals surface area contributed by atoms with Crippen molar-refractivity contribution in [2.45, 2.75) is 25.9 Å². The quantitative estimate of drug-likeness (QED) is 0.565. The van der Waals surface area contributed by atoms with E-state index in [1.54, 1.807) is 30.1 Å².